The summed E-state index contributed by atoms with van der Waals surface area (Å²) in [5.74, 6) is 0.775. The molecule has 1 N–H and O–H groups in total. The van der Waals surface area contributed by atoms with Crippen molar-refractivity contribution < 1.29 is 4.39 Å². The van der Waals surface area contributed by atoms with Crippen LogP contribution < -0.4 is 5.32 Å². The number of imidazole rings is 1. The summed E-state index contributed by atoms with van der Waals surface area (Å²) in [6.45, 7) is 1.57. The SMILES string of the molecule is Fc1ccccc1-c1cc(NCCCn2ccnc2)nc(-c2ccccn2)n1. The molecule has 0 spiro atoms. The number of halogens is 1. The molecule has 0 atom stereocenters. The Morgan fingerprint density at radius 1 is 0.964 bits per heavy atom. The number of benzene rings is 1. The molecule has 0 aliphatic carbocycles. The minimum absolute atomic E-state index is 0.320. The van der Waals surface area contributed by atoms with Gasteiger partial charge in [0.25, 0.3) is 0 Å². The molecule has 0 saturated heterocycles. The molecule has 1 aromatic carbocycles. The van der Waals surface area contributed by atoms with Crippen LogP contribution in [0.15, 0.2) is 73.4 Å². The third kappa shape index (κ3) is 4.20. The van der Waals surface area contributed by atoms with Gasteiger partial charge in [-0.15, -0.1) is 0 Å². The smallest absolute Gasteiger partial charge is 0.180 e. The van der Waals surface area contributed by atoms with Gasteiger partial charge in [-0.3, -0.25) is 4.98 Å². The molecule has 0 radical (unpaired) electrons. The topological polar surface area (TPSA) is 68.5 Å². The lowest BCUT2D eigenvalue weighted by Crippen LogP contribution is -2.08. The van der Waals surface area contributed by atoms with Crippen LogP contribution >= 0.6 is 0 Å². The second-order valence-corrected chi connectivity index (χ2v) is 6.24. The molecule has 0 saturated carbocycles. The maximum atomic E-state index is 14.3. The van der Waals surface area contributed by atoms with E-state index in [1.807, 2.05) is 29.0 Å². The molecule has 140 valence electrons. The zero-order valence-corrected chi connectivity index (χ0v) is 15.2. The predicted molar refractivity (Wildman–Crippen MR) is 106 cm³/mol. The summed E-state index contributed by atoms with van der Waals surface area (Å²) >= 11 is 0. The number of hydrogen-bond acceptors (Lipinski definition) is 5. The number of aromatic nitrogens is 5. The average molecular weight is 374 g/mol. The van der Waals surface area contributed by atoms with Crippen LogP contribution in [0.4, 0.5) is 10.2 Å². The molecule has 7 heteroatoms. The Bertz CT molecular complexity index is 1030. The summed E-state index contributed by atoms with van der Waals surface area (Å²) in [4.78, 5) is 17.5. The average Bonchev–Trinajstić information content (AvgIpc) is 3.26. The molecule has 0 unspecified atom stereocenters. The third-order valence-corrected chi connectivity index (χ3v) is 4.23. The van der Waals surface area contributed by atoms with E-state index >= 15 is 0 Å². The Morgan fingerprint density at radius 3 is 2.64 bits per heavy atom. The van der Waals surface area contributed by atoms with E-state index in [9.17, 15) is 4.39 Å². The van der Waals surface area contributed by atoms with Gasteiger partial charge in [0.1, 0.15) is 17.3 Å². The van der Waals surface area contributed by atoms with Crippen molar-refractivity contribution in [2.24, 2.45) is 0 Å². The van der Waals surface area contributed by atoms with Crippen molar-refractivity contribution in [3.63, 3.8) is 0 Å². The van der Waals surface area contributed by atoms with Gasteiger partial charge in [-0.2, -0.15) is 0 Å². The summed E-state index contributed by atoms with van der Waals surface area (Å²) in [6.07, 6.45) is 8.07. The van der Waals surface area contributed by atoms with E-state index < -0.39 is 0 Å². The summed E-state index contributed by atoms with van der Waals surface area (Å²) in [5, 5.41) is 3.31. The Morgan fingerprint density at radius 2 is 1.86 bits per heavy atom. The van der Waals surface area contributed by atoms with Crippen molar-refractivity contribution >= 4 is 5.82 Å². The number of rotatable bonds is 7. The van der Waals surface area contributed by atoms with Crippen molar-refractivity contribution in [3.8, 4) is 22.8 Å². The molecule has 6 nitrogen and oxygen atoms in total. The van der Waals surface area contributed by atoms with Crippen molar-refractivity contribution in [2.75, 3.05) is 11.9 Å². The van der Waals surface area contributed by atoms with Crippen LogP contribution in [-0.2, 0) is 6.54 Å². The van der Waals surface area contributed by atoms with Crippen LogP contribution in [-0.4, -0.2) is 31.0 Å². The van der Waals surface area contributed by atoms with Crippen LogP contribution in [0.5, 0.6) is 0 Å². The van der Waals surface area contributed by atoms with Crippen LogP contribution in [0.2, 0.25) is 0 Å². The molecule has 0 aliphatic heterocycles. The fourth-order valence-corrected chi connectivity index (χ4v) is 2.85. The van der Waals surface area contributed by atoms with E-state index in [2.05, 4.69) is 25.3 Å². The van der Waals surface area contributed by atoms with Gasteiger partial charge < -0.3 is 9.88 Å². The maximum Gasteiger partial charge on any atom is 0.180 e. The first-order valence-corrected chi connectivity index (χ1v) is 9.04. The fraction of sp³-hybridized carbons (Fsp3) is 0.143. The van der Waals surface area contributed by atoms with E-state index in [4.69, 9.17) is 0 Å². The Labute approximate surface area is 162 Å². The highest BCUT2D eigenvalue weighted by atomic mass is 19.1. The quantitative estimate of drug-likeness (QED) is 0.495. The summed E-state index contributed by atoms with van der Waals surface area (Å²) in [6, 6.07) is 13.9. The molecular weight excluding hydrogens is 355 g/mol. The minimum atomic E-state index is -0.320. The highest BCUT2D eigenvalue weighted by Gasteiger charge is 2.12. The zero-order chi connectivity index (χ0) is 19.2. The van der Waals surface area contributed by atoms with Crippen molar-refractivity contribution in [1.29, 1.82) is 0 Å². The number of hydrogen-bond donors (Lipinski definition) is 1. The number of aryl methyl sites for hydroxylation is 1. The normalized spacial score (nSPS) is 10.8. The van der Waals surface area contributed by atoms with Gasteiger partial charge in [-0.05, 0) is 30.7 Å². The van der Waals surface area contributed by atoms with Crippen LogP contribution in [0, 0.1) is 5.82 Å². The first kappa shape index (κ1) is 17.8. The molecule has 0 bridgehead atoms. The molecule has 0 aliphatic rings. The predicted octanol–water partition coefficient (Wildman–Crippen LogP) is 4.04. The van der Waals surface area contributed by atoms with Crippen LogP contribution in [0.3, 0.4) is 0 Å². The van der Waals surface area contributed by atoms with Gasteiger partial charge in [0, 0.05) is 43.3 Å². The first-order valence-electron chi connectivity index (χ1n) is 9.04. The number of nitrogens with zero attached hydrogens (tertiary/aromatic N) is 5. The Balaban J connectivity index is 1.59. The standard InChI is InChI=1S/C21H19FN6/c22-17-7-2-1-6-16(17)19-14-20(25-10-5-12-28-13-11-23-15-28)27-21(26-19)18-8-3-4-9-24-18/h1-4,6-9,11,13-15H,5,10,12H2,(H,25,26,27). The van der Waals surface area contributed by atoms with E-state index in [0.29, 0.717) is 35.1 Å². The van der Waals surface area contributed by atoms with E-state index in [1.165, 1.54) is 6.07 Å². The van der Waals surface area contributed by atoms with Crippen molar-refractivity contribution in [2.45, 2.75) is 13.0 Å². The largest absolute Gasteiger partial charge is 0.370 e. The van der Waals surface area contributed by atoms with Gasteiger partial charge in [0.15, 0.2) is 5.82 Å². The summed E-state index contributed by atoms with van der Waals surface area (Å²) < 4.78 is 16.3. The second kappa shape index (κ2) is 8.39. The molecule has 3 aromatic heterocycles. The highest BCUT2D eigenvalue weighted by molar-refractivity contribution is 5.66. The van der Waals surface area contributed by atoms with Gasteiger partial charge in [-0.1, -0.05) is 18.2 Å². The lowest BCUT2D eigenvalue weighted by molar-refractivity contribution is 0.630. The lowest BCUT2D eigenvalue weighted by atomic mass is 10.1. The monoisotopic (exact) mass is 374 g/mol. The Kier molecular flexibility index (Phi) is 5.33. The Hall–Kier alpha value is -3.61. The second-order valence-electron chi connectivity index (χ2n) is 6.24. The van der Waals surface area contributed by atoms with Crippen molar-refractivity contribution in [3.05, 3.63) is 79.3 Å². The first-order chi connectivity index (χ1) is 13.8. The molecular formula is C21H19FN6. The van der Waals surface area contributed by atoms with Crippen LogP contribution in [0.1, 0.15) is 6.42 Å². The molecule has 3 heterocycles. The maximum absolute atomic E-state index is 14.3. The molecule has 4 rings (SSSR count). The molecule has 0 fully saturated rings. The van der Waals surface area contributed by atoms with Gasteiger partial charge in [0.05, 0.1) is 12.0 Å². The fourth-order valence-electron chi connectivity index (χ4n) is 2.85. The number of pyridine rings is 1. The van der Waals surface area contributed by atoms with E-state index in [-0.39, 0.29) is 5.82 Å². The van der Waals surface area contributed by atoms with Gasteiger partial charge >= 0.3 is 0 Å². The third-order valence-electron chi connectivity index (χ3n) is 4.23. The number of anilines is 1. The highest BCUT2D eigenvalue weighted by Crippen LogP contribution is 2.25. The van der Waals surface area contributed by atoms with E-state index in [0.717, 1.165) is 13.0 Å². The van der Waals surface area contributed by atoms with Gasteiger partial charge in [0.2, 0.25) is 0 Å². The molecule has 28 heavy (non-hydrogen) atoms. The molecule has 4 aromatic rings. The summed E-state index contributed by atoms with van der Waals surface area (Å²) in [5.41, 5.74) is 1.59. The van der Waals surface area contributed by atoms with Crippen LogP contribution in [0.25, 0.3) is 22.8 Å². The minimum Gasteiger partial charge on any atom is -0.370 e. The lowest BCUT2D eigenvalue weighted by Gasteiger charge is -2.11. The molecule has 0 amide bonds. The zero-order valence-electron chi connectivity index (χ0n) is 15.2. The van der Waals surface area contributed by atoms with E-state index in [1.54, 1.807) is 43.0 Å². The number of nitrogens with one attached hydrogen (secondary N) is 1. The van der Waals surface area contributed by atoms with Gasteiger partial charge in [-0.25, -0.2) is 19.3 Å². The van der Waals surface area contributed by atoms with Crippen molar-refractivity contribution in [1.82, 2.24) is 24.5 Å². The summed E-state index contributed by atoms with van der Waals surface area (Å²) in [7, 11) is 0.